The molecule has 0 bridgehead atoms. The molecule has 1 aliphatic rings. The third-order valence-electron chi connectivity index (χ3n) is 1.22. The van der Waals surface area contributed by atoms with E-state index in [1.54, 1.807) is 0 Å². The molecule has 46 valence electrons. The zero-order valence-electron chi connectivity index (χ0n) is 5.22. The Labute approximate surface area is 49.5 Å². The van der Waals surface area contributed by atoms with Crippen LogP contribution in [0.25, 0.3) is 0 Å². The second kappa shape index (κ2) is 2.18. The summed E-state index contributed by atoms with van der Waals surface area (Å²) in [6, 6.07) is 0. The number of hydrogen-bond acceptors (Lipinski definition) is 2. The van der Waals surface area contributed by atoms with Gasteiger partial charge in [0.05, 0.1) is 0 Å². The number of rotatable bonds is 1. The fourth-order valence-electron chi connectivity index (χ4n) is 0.650. The minimum Gasteiger partial charge on any atom is -0.274 e. The van der Waals surface area contributed by atoms with Crippen LogP contribution in [-0.4, -0.2) is 6.10 Å². The third-order valence-corrected chi connectivity index (χ3v) is 1.22. The van der Waals surface area contributed by atoms with Crippen LogP contribution in [0, 0.1) is 5.92 Å². The van der Waals surface area contributed by atoms with Crippen molar-refractivity contribution in [2.75, 3.05) is 0 Å². The fraction of sp³-hybridized carbons (Fsp3) is 0.667. The zero-order chi connectivity index (χ0) is 5.98. The van der Waals surface area contributed by atoms with Crippen molar-refractivity contribution in [3.63, 3.8) is 0 Å². The summed E-state index contributed by atoms with van der Waals surface area (Å²) in [5.74, 6) is 0.571. The van der Waals surface area contributed by atoms with Gasteiger partial charge in [0.25, 0.3) is 0 Å². The highest BCUT2D eigenvalue weighted by Gasteiger charge is 2.12. The standard InChI is InChI=1S/C6H11NO/c1-5(2)6-3-4-7-8-6/h3-7H,1-2H3. The molecular formula is C6H11NO. The molecule has 1 unspecified atom stereocenters. The summed E-state index contributed by atoms with van der Waals surface area (Å²) in [5, 5.41) is 0. The van der Waals surface area contributed by atoms with E-state index in [2.05, 4.69) is 19.3 Å². The van der Waals surface area contributed by atoms with Gasteiger partial charge >= 0.3 is 0 Å². The van der Waals surface area contributed by atoms with Crippen molar-refractivity contribution >= 4 is 0 Å². The Bertz CT molecular complexity index is 98.7. The Morgan fingerprint density at radius 2 is 2.38 bits per heavy atom. The minimum atomic E-state index is 0.273. The van der Waals surface area contributed by atoms with Gasteiger partial charge < -0.3 is 0 Å². The van der Waals surface area contributed by atoms with Gasteiger partial charge in [0, 0.05) is 6.20 Å². The van der Waals surface area contributed by atoms with Crippen molar-refractivity contribution in [1.82, 2.24) is 5.48 Å². The molecule has 1 rings (SSSR count). The molecule has 0 saturated carbocycles. The molecule has 0 aromatic carbocycles. The predicted molar refractivity (Wildman–Crippen MR) is 32.0 cm³/mol. The second-order valence-corrected chi connectivity index (χ2v) is 2.30. The molecule has 0 spiro atoms. The SMILES string of the molecule is CC(C)C1C=CNO1. The summed E-state index contributed by atoms with van der Waals surface area (Å²) in [6.07, 6.45) is 4.12. The monoisotopic (exact) mass is 113 g/mol. The highest BCUT2D eigenvalue weighted by atomic mass is 16.7. The van der Waals surface area contributed by atoms with E-state index in [0.717, 1.165) is 0 Å². The lowest BCUT2D eigenvalue weighted by Crippen LogP contribution is -2.16. The van der Waals surface area contributed by atoms with Crippen LogP contribution in [0.4, 0.5) is 0 Å². The van der Waals surface area contributed by atoms with Crippen LogP contribution in [0.15, 0.2) is 12.3 Å². The molecule has 0 aromatic rings. The van der Waals surface area contributed by atoms with Gasteiger partial charge in [-0.3, -0.25) is 10.3 Å². The van der Waals surface area contributed by atoms with Crippen molar-refractivity contribution in [2.45, 2.75) is 20.0 Å². The summed E-state index contributed by atoms with van der Waals surface area (Å²) in [4.78, 5) is 5.05. The van der Waals surface area contributed by atoms with E-state index in [1.165, 1.54) is 0 Å². The molecule has 0 fully saturated rings. The first-order valence-electron chi connectivity index (χ1n) is 2.88. The average Bonchev–Trinajstić information content (AvgIpc) is 2.12. The zero-order valence-corrected chi connectivity index (χ0v) is 5.22. The van der Waals surface area contributed by atoms with Crippen molar-refractivity contribution in [3.8, 4) is 0 Å². The van der Waals surface area contributed by atoms with Crippen molar-refractivity contribution in [3.05, 3.63) is 12.3 Å². The van der Waals surface area contributed by atoms with Gasteiger partial charge in [-0.25, -0.2) is 0 Å². The van der Waals surface area contributed by atoms with Crippen molar-refractivity contribution < 1.29 is 4.84 Å². The first-order chi connectivity index (χ1) is 3.80. The number of hydrogen-bond donors (Lipinski definition) is 1. The molecule has 0 amide bonds. The molecule has 8 heavy (non-hydrogen) atoms. The van der Waals surface area contributed by atoms with Crippen LogP contribution >= 0.6 is 0 Å². The van der Waals surface area contributed by atoms with Gasteiger partial charge in [-0.1, -0.05) is 13.8 Å². The Kier molecular flexibility index (Phi) is 1.53. The van der Waals surface area contributed by atoms with Gasteiger partial charge in [-0.2, -0.15) is 0 Å². The summed E-state index contributed by atoms with van der Waals surface area (Å²) in [5.41, 5.74) is 2.67. The van der Waals surface area contributed by atoms with Crippen LogP contribution in [0.2, 0.25) is 0 Å². The fourth-order valence-corrected chi connectivity index (χ4v) is 0.650. The molecular weight excluding hydrogens is 102 g/mol. The molecule has 0 radical (unpaired) electrons. The summed E-state index contributed by atoms with van der Waals surface area (Å²) >= 11 is 0. The van der Waals surface area contributed by atoms with E-state index >= 15 is 0 Å². The van der Waals surface area contributed by atoms with Gasteiger partial charge in [0.2, 0.25) is 0 Å². The molecule has 2 nitrogen and oxygen atoms in total. The van der Waals surface area contributed by atoms with E-state index in [0.29, 0.717) is 5.92 Å². The van der Waals surface area contributed by atoms with Gasteiger partial charge in [0.1, 0.15) is 6.10 Å². The predicted octanol–water partition coefficient (Wildman–Crippen LogP) is 1.06. The minimum absolute atomic E-state index is 0.273. The molecule has 1 heterocycles. The first-order valence-corrected chi connectivity index (χ1v) is 2.88. The largest absolute Gasteiger partial charge is 0.274 e. The maximum atomic E-state index is 5.05. The van der Waals surface area contributed by atoms with E-state index < -0.39 is 0 Å². The average molecular weight is 113 g/mol. The van der Waals surface area contributed by atoms with E-state index in [-0.39, 0.29) is 6.10 Å². The second-order valence-electron chi connectivity index (χ2n) is 2.30. The Morgan fingerprint density at radius 3 is 2.62 bits per heavy atom. The molecule has 1 aliphatic heterocycles. The van der Waals surface area contributed by atoms with E-state index in [1.807, 2.05) is 12.3 Å². The highest BCUT2D eigenvalue weighted by Crippen LogP contribution is 2.09. The van der Waals surface area contributed by atoms with Crippen molar-refractivity contribution in [1.29, 1.82) is 0 Å². The normalized spacial score (nSPS) is 26.6. The van der Waals surface area contributed by atoms with Crippen LogP contribution in [0.5, 0.6) is 0 Å². The van der Waals surface area contributed by atoms with Crippen LogP contribution in [0.3, 0.4) is 0 Å². The highest BCUT2D eigenvalue weighted by molar-refractivity contribution is 4.92. The Balaban J connectivity index is 2.36. The van der Waals surface area contributed by atoms with Gasteiger partial charge in [-0.15, -0.1) is 0 Å². The molecule has 2 heteroatoms. The molecule has 1 atom stereocenters. The van der Waals surface area contributed by atoms with Crippen molar-refractivity contribution in [2.24, 2.45) is 5.92 Å². The summed E-state index contributed by atoms with van der Waals surface area (Å²) < 4.78 is 0. The summed E-state index contributed by atoms with van der Waals surface area (Å²) in [6.45, 7) is 4.25. The van der Waals surface area contributed by atoms with Crippen LogP contribution in [-0.2, 0) is 4.84 Å². The van der Waals surface area contributed by atoms with E-state index in [4.69, 9.17) is 4.84 Å². The quantitative estimate of drug-likeness (QED) is 0.549. The third kappa shape index (κ3) is 1.01. The number of nitrogens with one attached hydrogen (secondary N) is 1. The van der Waals surface area contributed by atoms with E-state index in [9.17, 15) is 0 Å². The lowest BCUT2D eigenvalue weighted by Gasteiger charge is -2.09. The van der Waals surface area contributed by atoms with Gasteiger partial charge in [-0.05, 0) is 12.0 Å². The lowest BCUT2D eigenvalue weighted by atomic mass is 10.1. The molecule has 0 saturated heterocycles. The molecule has 0 aromatic heterocycles. The van der Waals surface area contributed by atoms with Gasteiger partial charge in [0.15, 0.2) is 0 Å². The smallest absolute Gasteiger partial charge is 0.107 e. The molecule has 0 aliphatic carbocycles. The topological polar surface area (TPSA) is 21.3 Å². The maximum Gasteiger partial charge on any atom is 0.107 e. The lowest BCUT2D eigenvalue weighted by molar-refractivity contribution is 0.0221. The van der Waals surface area contributed by atoms with Crippen LogP contribution < -0.4 is 5.48 Å². The Morgan fingerprint density at radius 1 is 1.62 bits per heavy atom. The number of hydroxylamine groups is 1. The molecule has 1 N–H and O–H groups in total. The van der Waals surface area contributed by atoms with Crippen LogP contribution in [0.1, 0.15) is 13.8 Å². The maximum absolute atomic E-state index is 5.05. The Hall–Kier alpha value is -0.500. The first kappa shape index (κ1) is 5.63. The summed E-state index contributed by atoms with van der Waals surface area (Å²) in [7, 11) is 0.